The zero-order valence-corrected chi connectivity index (χ0v) is 15.9. The highest BCUT2D eigenvalue weighted by atomic mass is 32.2. The summed E-state index contributed by atoms with van der Waals surface area (Å²) in [6.07, 6.45) is 0. The van der Waals surface area contributed by atoms with E-state index in [1.165, 1.54) is 18.2 Å². The number of aromatic carboxylic acids is 1. The Morgan fingerprint density at radius 2 is 1.73 bits per heavy atom. The third kappa shape index (κ3) is 5.06. The molecule has 3 N–H and O–H groups in total. The van der Waals surface area contributed by atoms with Crippen LogP contribution in [-0.2, 0) is 10.0 Å². The Morgan fingerprint density at radius 1 is 1.08 bits per heavy atom. The van der Waals surface area contributed by atoms with Crippen molar-refractivity contribution in [3.8, 4) is 0 Å². The maximum atomic E-state index is 12.6. The van der Waals surface area contributed by atoms with Gasteiger partial charge in [-0.25, -0.2) is 17.9 Å². The molecular formula is C19H24N2O4S. The van der Waals surface area contributed by atoms with E-state index < -0.39 is 22.0 Å². The quantitative estimate of drug-likeness (QED) is 0.655. The summed E-state index contributed by atoms with van der Waals surface area (Å²) in [5, 5.41) is 12.5. The van der Waals surface area contributed by atoms with Gasteiger partial charge in [-0.15, -0.1) is 0 Å². The van der Waals surface area contributed by atoms with Gasteiger partial charge in [-0.05, 0) is 36.6 Å². The number of carbonyl (C=O) groups is 1. The van der Waals surface area contributed by atoms with Crippen molar-refractivity contribution >= 4 is 21.7 Å². The van der Waals surface area contributed by atoms with Crippen LogP contribution >= 0.6 is 0 Å². The van der Waals surface area contributed by atoms with Crippen molar-refractivity contribution in [1.29, 1.82) is 0 Å². The molecule has 2 aromatic carbocycles. The van der Waals surface area contributed by atoms with Gasteiger partial charge in [-0.2, -0.15) is 0 Å². The first-order valence-electron chi connectivity index (χ1n) is 8.39. The first-order chi connectivity index (χ1) is 12.2. The normalized spacial score (nSPS) is 12.8. The van der Waals surface area contributed by atoms with Gasteiger partial charge in [0, 0.05) is 18.3 Å². The second-order valence-corrected chi connectivity index (χ2v) is 8.25. The molecule has 0 saturated heterocycles. The van der Waals surface area contributed by atoms with Crippen LogP contribution in [0.4, 0.5) is 5.69 Å². The second kappa shape index (κ2) is 8.33. The molecule has 7 heteroatoms. The molecule has 0 fully saturated rings. The average Bonchev–Trinajstić information content (AvgIpc) is 2.60. The van der Waals surface area contributed by atoms with Crippen LogP contribution < -0.4 is 10.0 Å². The molecule has 0 amide bonds. The van der Waals surface area contributed by atoms with Crippen LogP contribution in [0, 0.1) is 5.92 Å². The Bertz CT molecular complexity index is 864. The number of benzene rings is 2. The fraction of sp³-hybridized carbons (Fsp3) is 0.316. The molecule has 140 valence electrons. The second-order valence-electron chi connectivity index (χ2n) is 6.54. The summed E-state index contributed by atoms with van der Waals surface area (Å²) < 4.78 is 27.9. The molecule has 2 rings (SSSR count). The average molecular weight is 376 g/mol. The highest BCUT2D eigenvalue weighted by Gasteiger charge is 2.21. The summed E-state index contributed by atoms with van der Waals surface area (Å²) >= 11 is 0. The number of anilines is 1. The molecule has 1 unspecified atom stereocenters. The lowest BCUT2D eigenvalue weighted by molar-refractivity contribution is 0.0697. The van der Waals surface area contributed by atoms with Crippen molar-refractivity contribution in [2.24, 2.45) is 5.92 Å². The van der Waals surface area contributed by atoms with E-state index in [0.717, 1.165) is 5.56 Å². The first-order valence-corrected chi connectivity index (χ1v) is 9.87. The molecule has 26 heavy (non-hydrogen) atoms. The Kier molecular flexibility index (Phi) is 6.39. The van der Waals surface area contributed by atoms with Crippen LogP contribution in [0.2, 0.25) is 0 Å². The monoisotopic (exact) mass is 376 g/mol. The van der Waals surface area contributed by atoms with Crippen molar-refractivity contribution in [2.75, 3.05) is 11.9 Å². The van der Waals surface area contributed by atoms with Gasteiger partial charge >= 0.3 is 5.97 Å². The first kappa shape index (κ1) is 19.9. The predicted molar refractivity (Wildman–Crippen MR) is 102 cm³/mol. The van der Waals surface area contributed by atoms with E-state index in [1.807, 2.05) is 44.2 Å². The van der Waals surface area contributed by atoms with Crippen LogP contribution in [0.25, 0.3) is 0 Å². The van der Waals surface area contributed by atoms with Crippen molar-refractivity contribution in [3.05, 3.63) is 59.7 Å². The van der Waals surface area contributed by atoms with E-state index in [1.54, 1.807) is 6.92 Å². The number of hydrogen-bond donors (Lipinski definition) is 3. The van der Waals surface area contributed by atoms with Crippen LogP contribution in [0.3, 0.4) is 0 Å². The molecule has 0 heterocycles. The SMILES string of the molecule is CC(C)CNc1ccc(S(=O)(=O)NC(C)c2ccccc2)cc1C(=O)O. The summed E-state index contributed by atoms with van der Waals surface area (Å²) in [4.78, 5) is 11.5. The van der Waals surface area contributed by atoms with Gasteiger partial charge < -0.3 is 10.4 Å². The highest BCUT2D eigenvalue weighted by Crippen LogP contribution is 2.23. The van der Waals surface area contributed by atoms with E-state index in [0.29, 0.717) is 18.2 Å². The van der Waals surface area contributed by atoms with Crippen molar-refractivity contribution in [3.63, 3.8) is 0 Å². The molecule has 0 bridgehead atoms. The van der Waals surface area contributed by atoms with Gasteiger partial charge in [-0.1, -0.05) is 44.2 Å². The fourth-order valence-corrected chi connectivity index (χ4v) is 3.70. The molecule has 1 atom stereocenters. The Hall–Kier alpha value is -2.38. The van der Waals surface area contributed by atoms with E-state index >= 15 is 0 Å². The lowest BCUT2D eigenvalue weighted by Gasteiger charge is -2.16. The minimum Gasteiger partial charge on any atom is -0.478 e. The topological polar surface area (TPSA) is 95.5 Å². The molecule has 0 aliphatic heterocycles. The lowest BCUT2D eigenvalue weighted by atomic mass is 10.1. The van der Waals surface area contributed by atoms with Gasteiger partial charge in [0.05, 0.1) is 10.5 Å². The zero-order chi connectivity index (χ0) is 19.3. The standard InChI is InChI=1S/C19H24N2O4S/c1-13(2)12-20-18-10-9-16(11-17(18)19(22)23)26(24,25)21-14(3)15-7-5-4-6-8-15/h4-11,13-14,20-21H,12H2,1-3H3,(H,22,23). The van der Waals surface area contributed by atoms with E-state index in [2.05, 4.69) is 10.0 Å². The number of hydrogen-bond acceptors (Lipinski definition) is 4. The lowest BCUT2D eigenvalue weighted by Crippen LogP contribution is -2.27. The fourth-order valence-electron chi connectivity index (χ4n) is 2.45. The van der Waals surface area contributed by atoms with Gasteiger partial charge in [-0.3, -0.25) is 0 Å². The van der Waals surface area contributed by atoms with Crippen LogP contribution in [0.15, 0.2) is 53.4 Å². The number of sulfonamides is 1. The van der Waals surface area contributed by atoms with Crippen LogP contribution in [-0.4, -0.2) is 26.0 Å². The van der Waals surface area contributed by atoms with E-state index in [-0.39, 0.29) is 10.5 Å². The molecule has 2 aromatic rings. The molecule has 0 radical (unpaired) electrons. The number of nitrogens with one attached hydrogen (secondary N) is 2. The summed E-state index contributed by atoms with van der Waals surface area (Å²) in [6, 6.07) is 12.8. The van der Waals surface area contributed by atoms with Crippen molar-refractivity contribution < 1.29 is 18.3 Å². The van der Waals surface area contributed by atoms with Crippen molar-refractivity contribution in [2.45, 2.75) is 31.7 Å². The van der Waals surface area contributed by atoms with Gasteiger partial charge in [0.15, 0.2) is 0 Å². The largest absolute Gasteiger partial charge is 0.478 e. The Morgan fingerprint density at radius 3 is 2.31 bits per heavy atom. The zero-order valence-electron chi connectivity index (χ0n) is 15.1. The number of rotatable bonds is 8. The van der Waals surface area contributed by atoms with Gasteiger partial charge in [0.1, 0.15) is 0 Å². The molecule has 0 saturated carbocycles. The molecular weight excluding hydrogens is 352 g/mol. The summed E-state index contributed by atoms with van der Waals surface area (Å²) in [7, 11) is -3.85. The smallest absolute Gasteiger partial charge is 0.337 e. The number of carboxylic acid groups (broad SMARTS) is 1. The van der Waals surface area contributed by atoms with Gasteiger partial charge in [0.25, 0.3) is 0 Å². The minimum absolute atomic E-state index is 0.0686. The molecule has 0 spiro atoms. The van der Waals surface area contributed by atoms with Crippen LogP contribution in [0.1, 0.15) is 42.7 Å². The molecule has 0 aliphatic carbocycles. The summed E-state index contributed by atoms with van der Waals surface area (Å²) in [6.45, 7) is 6.33. The van der Waals surface area contributed by atoms with Gasteiger partial charge in [0.2, 0.25) is 10.0 Å². The maximum absolute atomic E-state index is 12.6. The van der Waals surface area contributed by atoms with E-state index in [9.17, 15) is 18.3 Å². The van der Waals surface area contributed by atoms with E-state index in [4.69, 9.17) is 0 Å². The van der Waals surface area contributed by atoms with Crippen LogP contribution in [0.5, 0.6) is 0 Å². The molecule has 6 nitrogen and oxygen atoms in total. The third-order valence-corrected chi connectivity index (χ3v) is 5.40. The predicted octanol–water partition coefficient (Wildman–Crippen LogP) is 3.49. The Labute approximate surface area is 154 Å². The maximum Gasteiger partial charge on any atom is 0.337 e. The Balaban J connectivity index is 2.28. The highest BCUT2D eigenvalue weighted by molar-refractivity contribution is 7.89. The summed E-state index contributed by atoms with van der Waals surface area (Å²) in [5.74, 6) is -0.849. The third-order valence-electron chi connectivity index (χ3n) is 3.86. The molecule has 0 aliphatic rings. The molecule has 0 aromatic heterocycles. The minimum atomic E-state index is -3.85. The number of carboxylic acids is 1. The van der Waals surface area contributed by atoms with Crippen molar-refractivity contribution in [1.82, 2.24) is 4.72 Å². The summed E-state index contributed by atoms with van der Waals surface area (Å²) in [5.41, 5.74) is 1.16.